The van der Waals surface area contributed by atoms with E-state index in [2.05, 4.69) is 20.1 Å². The van der Waals surface area contributed by atoms with Gasteiger partial charge in [-0.15, -0.1) is 10.2 Å². The summed E-state index contributed by atoms with van der Waals surface area (Å²) in [6.07, 6.45) is 4.27. The number of rotatable bonds is 3. The van der Waals surface area contributed by atoms with Crippen LogP contribution in [-0.4, -0.2) is 20.7 Å². The van der Waals surface area contributed by atoms with Crippen molar-refractivity contribution < 1.29 is 9.18 Å². The molecule has 0 unspecified atom stereocenters. The number of aromatic nitrogens is 3. The highest BCUT2D eigenvalue weighted by Crippen LogP contribution is 2.31. The lowest BCUT2D eigenvalue weighted by Crippen LogP contribution is -2.12. The number of amides is 1. The largest absolute Gasteiger partial charge is 0.322 e. The fourth-order valence-electron chi connectivity index (χ4n) is 3.26. The summed E-state index contributed by atoms with van der Waals surface area (Å²) >= 11 is 6.41. The van der Waals surface area contributed by atoms with Crippen LogP contribution in [0.5, 0.6) is 0 Å². The molecule has 2 heterocycles. The minimum atomic E-state index is -0.382. The molecule has 27 heavy (non-hydrogen) atoms. The van der Waals surface area contributed by atoms with Crippen molar-refractivity contribution in [2.24, 2.45) is 0 Å². The lowest BCUT2D eigenvalue weighted by molar-refractivity contribution is 0.102. The van der Waals surface area contributed by atoms with Gasteiger partial charge >= 0.3 is 0 Å². The minimum absolute atomic E-state index is 0.316. The third kappa shape index (κ3) is 3.71. The molecule has 1 aliphatic heterocycles. The molecular weight excluding hydrogens is 367 g/mol. The van der Waals surface area contributed by atoms with Crippen LogP contribution in [0.25, 0.3) is 11.4 Å². The van der Waals surface area contributed by atoms with E-state index < -0.39 is 0 Å². The van der Waals surface area contributed by atoms with Crippen LogP contribution in [0.1, 0.15) is 35.4 Å². The number of fused-ring (bicyclic) bond motifs is 1. The third-order valence-electron chi connectivity index (χ3n) is 4.68. The Bertz CT molecular complexity index is 984. The van der Waals surface area contributed by atoms with Crippen molar-refractivity contribution in [2.75, 3.05) is 5.32 Å². The fourth-order valence-corrected chi connectivity index (χ4v) is 3.47. The van der Waals surface area contributed by atoms with Gasteiger partial charge in [0, 0.05) is 29.8 Å². The third-order valence-corrected chi connectivity index (χ3v) is 5.01. The van der Waals surface area contributed by atoms with Crippen molar-refractivity contribution in [3.05, 3.63) is 64.7 Å². The first kappa shape index (κ1) is 17.7. The summed E-state index contributed by atoms with van der Waals surface area (Å²) in [7, 11) is 0. The van der Waals surface area contributed by atoms with Gasteiger partial charge in [-0.05, 0) is 55.3 Å². The maximum atomic E-state index is 13.0. The minimum Gasteiger partial charge on any atom is -0.322 e. The zero-order valence-corrected chi connectivity index (χ0v) is 15.3. The van der Waals surface area contributed by atoms with Crippen LogP contribution in [0.2, 0.25) is 5.02 Å². The van der Waals surface area contributed by atoms with Gasteiger partial charge < -0.3 is 9.88 Å². The second kappa shape index (κ2) is 7.48. The number of halogens is 2. The number of benzene rings is 2. The van der Waals surface area contributed by atoms with Crippen molar-refractivity contribution in [2.45, 2.75) is 32.2 Å². The monoisotopic (exact) mass is 384 g/mol. The van der Waals surface area contributed by atoms with E-state index in [1.165, 1.54) is 30.7 Å². The highest BCUT2D eigenvalue weighted by atomic mass is 35.5. The first-order chi connectivity index (χ1) is 13.1. The van der Waals surface area contributed by atoms with E-state index in [0.29, 0.717) is 16.3 Å². The summed E-state index contributed by atoms with van der Waals surface area (Å²) in [5, 5.41) is 12.0. The first-order valence-electron chi connectivity index (χ1n) is 8.91. The Hall–Kier alpha value is -2.73. The number of anilines is 1. The maximum absolute atomic E-state index is 13.0. The number of hydrogen-bond acceptors (Lipinski definition) is 3. The molecule has 0 radical (unpaired) electrons. The lowest BCUT2D eigenvalue weighted by Gasteiger charge is -2.11. The molecule has 0 bridgehead atoms. The Labute approximate surface area is 161 Å². The summed E-state index contributed by atoms with van der Waals surface area (Å²) in [6, 6.07) is 10.7. The van der Waals surface area contributed by atoms with E-state index in [-0.39, 0.29) is 11.7 Å². The maximum Gasteiger partial charge on any atom is 0.255 e. The Morgan fingerprint density at radius 2 is 1.89 bits per heavy atom. The standard InChI is InChI=1S/C20H18ClFN4O/c21-17-10-9-15(23-20(27)13-5-7-14(22)8-6-13)12-16(17)19-25-24-18-4-2-1-3-11-26(18)19/h5-10,12H,1-4,11H2,(H,23,27). The molecule has 4 rings (SSSR count). The van der Waals surface area contributed by atoms with Crippen LogP contribution < -0.4 is 5.32 Å². The van der Waals surface area contributed by atoms with Gasteiger partial charge in [-0.3, -0.25) is 4.79 Å². The SMILES string of the molecule is O=C(Nc1ccc(Cl)c(-c2nnc3n2CCCCC3)c1)c1ccc(F)cc1. The predicted molar refractivity (Wildman–Crippen MR) is 102 cm³/mol. The molecular formula is C20H18ClFN4O. The van der Waals surface area contributed by atoms with Crippen molar-refractivity contribution in [1.82, 2.24) is 14.8 Å². The molecule has 2 aromatic carbocycles. The van der Waals surface area contributed by atoms with Crippen molar-refractivity contribution >= 4 is 23.2 Å². The molecule has 0 atom stereocenters. The fraction of sp³-hybridized carbons (Fsp3) is 0.250. The van der Waals surface area contributed by atoms with Crippen LogP contribution in [0.4, 0.5) is 10.1 Å². The van der Waals surface area contributed by atoms with Gasteiger partial charge in [-0.2, -0.15) is 0 Å². The molecule has 0 spiro atoms. The molecule has 0 saturated carbocycles. The Kier molecular flexibility index (Phi) is 4.90. The van der Waals surface area contributed by atoms with E-state index in [1.807, 2.05) is 0 Å². The normalized spacial score (nSPS) is 13.7. The van der Waals surface area contributed by atoms with Crippen LogP contribution in [0, 0.1) is 5.82 Å². The second-order valence-corrected chi connectivity index (χ2v) is 6.96. The van der Waals surface area contributed by atoms with Crippen LogP contribution in [-0.2, 0) is 13.0 Å². The van der Waals surface area contributed by atoms with Crippen LogP contribution in [0.3, 0.4) is 0 Å². The smallest absolute Gasteiger partial charge is 0.255 e. The van der Waals surface area contributed by atoms with Gasteiger partial charge in [0.2, 0.25) is 0 Å². The number of carbonyl (C=O) groups excluding carboxylic acids is 1. The van der Waals surface area contributed by atoms with Gasteiger partial charge in [0.15, 0.2) is 5.82 Å². The van der Waals surface area contributed by atoms with E-state index in [1.54, 1.807) is 18.2 Å². The van der Waals surface area contributed by atoms with Gasteiger partial charge in [-0.1, -0.05) is 18.0 Å². The Morgan fingerprint density at radius 3 is 2.70 bits per heavy atom. The molecule has 1 amide bonds. The van der Waals surface area contributed by atoms with Gasteiger partial charge in [0.05, 0.1) is 5.02 Å². The average molecular weight is 385 g/mol. The second-order valence-electron chi connectivity index (χ2n) is 6.56. The van der Waals surface area contributed by atoms with Crippen LogP contribution >= 0.6 is 11.6 Å². The topological polar surface area (TPSA) is 59.8 Å². The molecule has 1 aromatic heterocycles. The molecule has 0 saturated heterocycles. The summed E-state index contributed by atoms with van der Waals surface area (Å²) in [6.45, 7) is 0.861. The molecule has 0 fully saturated rings. The van der Waals surface area contributed by atoms with Gasteiger partial charge in [-0.25, -0.2) is 4.39 Å². The number of carbonyl (C=O) groups is 1. The predicted octanol–water partition coefficient (Wildman–Crippen LogP) is 4.72. The quantitative estimate of drug-likeness (QED) is 0.711. The number of hydrogen-bond donors (Lipinski definition) is 1. The van der Waals surface area contributed by atoms with E-state index in [9.17, 15) is 9.18 Å². The molecule has 138 valence electrons. The van der Waals surface area contributed by atoms with Crippen molar-refractivity contribution in [1.29, 1.82) is 0 Å². The molecule has 3 aromatic rings. The molecule has 7 heteroatoms. The number of nitrogens with one attached hydrogen (secondary N) is 1. The van der Waals surface area contributed by atoms with E-state index in [4.69, 9.17) is 11.6 Å². The summed E-state index contributed by atoms with van der Waals surface area (Å²) < 4.78 is 15.1. The van der Waals surface area contributed by atoms with Gasteiger partial charge in [0.25, 0.3) is 5.91 Å². The molecule has 0 aliphatic carbocycles. The highest BCUT2D eigenvalue weighted by Gasteiger charge is 2.18. The van der Waals surface area contributed by atoms with E-state index >= 15 is 0 Å². The zero-order valence-electron chi connectivity index (χ0n) is 14.6. The Balaban J connectivity index is 1.63. The molecule has 5 nitrogen and oxygen atoms in total. The van der Waals surface area contributed by atoms with Crippen LogP contribution in [0.15, 0.2) is 42.5 Å². The highest BCUT2D eigenvalue weighted by molar-refractivity contribution is 6.33. The Morgan fingerprint density at radius 1 is 1.07 bits per heavy atom. The number of nitrogens with zero attached hydrogens (tertiary/aromatic N) is 3. The molecule has 1 N–H and O–H groups in total. The zero-order chi connectivity index (χ0) is 18.8. The first-order valence-corrected chi connectivity index (χ1v) is 9.28. The lowest BCUT2D eigenvalue weighted by atomic mass is 10.1. The van der Waals surface area contributed by atoms with Gasteiger partial charge in [0.1, 0.15) is 11.6 Å². The summed E-state index contributed by atoms with van der Waals surface area (Å²) in [4.78, 5) is 12.4. The average Bonchev–Trinajstić information content (AvgIpc) is 2.91. The molecule has 1 aliphatic rings. The summed E-state index contributed by atoms with van der Waals surface area (Å²) in [5.41, 5.74) is 1.70. The summed E-state index contributed by atoms with van der Waals surface area (Å²) in [5.74, 6) is 0.991. The number of aryl methyl sites for hydroxylation is 1. The van der Waals surface area contributed by atoms with Crippen molar-refractivity contribution in [3.63, 3.8) is 0 Å². The van der Waals surface area contributed by atoms with Crippen molar-refractivity contribution in [3.8, 4) is 11.4 Å². The van der Waals surface area contributed by atoms with E-state index in [0.717, 1.165) is 43.0 Å².